The van der Waals surface area contributed by atoms with E-state index in [4.69, 9.17) is 4.74 Å². The zero-order chi connectivity index (χ0) is 27.9. The van der Waals surface area contributed by atoms with Crippen LogP contribution in [0.5, 0.6) is 0 Å². The van der Waals surface area contributed by atoms with Gasteiger partial charge in [0.2, 0.25) is 17.7 Å². The van der Waals surface area contributed by atoms with E-state index in [9.17, 15) is 14.4 Å². The number of hydrogen-bond donors (Lipinski definition) is 2. The second kappa shape index (κ2) is 11.6. The van der Waals surface area contributed by atoms with Gasteiger partial charge in [0.25, 0.3) is 0 Å². The Morgan fingerprint density at radius 2 is 1.75 bits per heavy atom. The summed E-state index contributed by atoms with van der Waals surface area (Å²) in [5.41, 5.74) is -0.443. The van der Waals surface area contributed by atoms with Crippen LogP contribution in [0.4, 0.5) is 5.69 Å². The van der Waals surface area contributed by atoms with Crippen molar-refractivity contribution in [1.82, 2.24) is 15.1 Å². The summed E-state index contributed by atoms with van der Waals surface area (Å²) in [6.45, 7) is 5.85. The Hall–Kier alpha value is -2.23. The second-order valence-corrected chi connectivity index (χ2v) is 13.4. The molecule has 0 radical (unpaired) electrons. The zero-order valence-electron chi connectivity index (χ0n) is 23.3. The van der Waals surface area contributed by atoms with E-state index in [2.05, 4.69) is 38.4 Å². The number of rotatable bonds is 8. The van der Waals surface area contributed by atoms with Gasteiger partial charge in [-0.3, -0.25) is 14.4 Å². The average molecular weight is 614 g/mol. The first-order valence-corrected chi connectivity index (χ1v) is 15.9. The highest BCUT2D eigenvalue weighted by molar-refractivity contribution is 9.10. The fourth-order valence-corrected chi connectivity index (χ4v) is 7.81. The first-order valence-electron chi connectivity index (χ1n) is 15.1. The van der Waals surface area contributed by atoms with E-state index in [1.807, 2.05) is 36.4 Å². The number of fused-ring (bicyclic) bond motifs is 1. The average Bonchev–Trinajstić information content (AvgIpc) is 3.59. The van der Waals surface area contributed by atoms with Crippen molar-refractivity contribution < 1.29 is 19.1 Å². The molecule has 1 spiro atoms. The number of halogens is 1. The van der Waals surface area contributed by atoms with Gasteiger partial charge in [-0.2, -0.15) is 0 Å². The van der Waals surface area contributed by atoms with Gasteiger partial charge in [0.15, 0.2) is 0 Å². The maximum atomic E-state index is 14.1. The summed E-state index contributed by atoms with van der Waals surface area (Å²) in [4.78, 5) is 45.9. The van der Waals surface area contributed by atoms with E-state index in [-0.39, 0.29) is 23.8 Å². The molecule has 3 saturated heterocycles. The molecule has 8 nitrogen and oxygen atoms in total. The predicted octanol–water partition coefficient (Wildman–Crippen LogP) is 4.11. The fourth-order valence-electron chi connectivity index (χ4n) is 7.54. The highest BCUT2D eigenvalue weighted by Gasteiger charge is 2.72. The summed E-state index contributed by atoms with van der Waals surface area (Å²) >= 11 is 3.43. The smallest absolute Gasteiger partial charge is 0.246 e. The van der Waals surface area contributed by atoms with Crippen molar-refractivity contribution in [2.45, 2.75) is 82.1 Å². The fraction of sp³-hybridized carbons (Fsp3) is 0.645. The molecule has 0 unspecified atom stereocenters. The van der Waals surface area contributed by atoms with Crippen molar-refractivity contribution in [3.63, 3.8) is 0 Å². The van der Waals surface area contributed by atoms with Crippen molar-refractivity contribution in [3.8, 4) is 0 Å². The molecule has 5 aliphatic rings. The van der Waals surface area contributed by atoms with Gasteiger partial charge in [-0.15, -0.1) is 0 Å². The molecule has 0 aromatic heterocycles. The third-order valence-corrected chi connectivity index (χ3v) is 10.3. The van der Waals surface area contributed by atoms with Crippen LogP contribution >= 0.6 is 15.9 Å². The number of carbonyl (C=O) groups excluding carboxylic acids is 3. The van der Waals surface area contributed by atoms with Crippen LogP contribution in [0.2, 0.25) is 0 Å². The molecule has 4 aliphatic heterocycles. The molecule has 6 rings (SSSR count). The van der Waals surface area contributed by atoms with Crippen molar-refractivity contribution in [2.24, 2.45) is 17.8 Å². The van der Waals surface area contributed by atoms with Crippen LogP contribution in [0, 0.1) is 17.8 Å². The quantitative estimate of drug-likeness (QED) is 0.431. The topological polar surface area (TPSA) is 91.0 Å². The number of nitrogens with zero attached hydrogens (tertiary/aromatic N) is 2. The van der Waals surface area contributed by atoms with Crippen LogP contribution in [0.15, 0.2) is 40.9 Å². The van der Waals surface area contributed by atoms with Crippen molar-refractivity contribution >= 4 is 39.3 Å². The molecule has 3 amide bonds. The molecule has 9 heteroatoms. The minimum Gasteiger partial charge on any atom is -0.359 e. The number of ether oxygens (including phenoxy) is 1. The summed E-state index contributed by atoms with van der Waals surface area (Å²) in [5.74, 6) is -1.15. The lowest BCUT2D eigenvalue weighted by Gasteiger charge is -2.35. The Bertz CT molecular complexity index is 1140. The standard InChI is InChI=1S/C31H41BrN4O4/c1-20-13-18-35(19-14-20)16-5-17-36-27(29(38)34-22-6-3-2-4-7-22)31-15-12-24(40-31)25(26(31)30(36)39)28(37)33-23-10-8-21(32)9-11-23/h8-12,15,20,22,24-27H,2-7,13-14,16-19H2,1H3,(H,33,37)(H,34,38)/t24-,25-,26-,27+,31-/m0/s1. The molecule has 2 N–H and O–H groups in total. The van der Waals surface area contributed by atoms with E-state index in [1.54, 1.807) is 4.90 Å². The lowest BCUT2D eigenvalue weighted by atomic mass is 9.74. The van der Waals surface area contributed by atoms with Gasteiger partial charge >= 0.3 is 0 Å². The number of benzene rings is 1. The maximum Gasteiger partial charge on any atom is 0.246 e. The van der Waals surface area contributed by atoms with E-state index in [0.717, 1.165) is 62.1 Å². The number of nitrogens with one attached hydrogen (secondary N) is 2. The Kier molecular flexibility index (Phi) is 8.07. The van der Waals surface area contributed by atoms with Crippen molar-refractivity contribution in [3.05, 3.63) is 40.9 Å². The van der Waals surface area contributed by atoms with Crippen LogP contribution in [0.1, 0.15) is 58.3 Å². The maximum absolute atomic E-state index is 14.1. The van der Waals surface area contributed by atoms with Crippen molar-refractivity contribution in [1.29, 1.82) is 0 Å². The predicted molar refractivity (Wildman–Crippen MR) is 156 cm³/mol. The van der Waals surface area contributed by atoms with Crippen LogP contribution in [-0.2, 0) is 19.1 Å². The molecule has 1 aromatic carbocycles. The van der Waals surface area contributed by atoms with Crippen molar-refractivity contribution in [2.75, 3.05) is 31.5 Å². The molecule has 4 fully saturated rings. The SMILES string of the molecule is CC1CCN(CCCN2C(=O)[C@@H]3[C@@H](C(=O)Nc4ccc(Br)cc4)[C@@H]4C=C[C@@]3(O4)[C@H]2C(=O)NC2CCCCC2)CC1. The van der Waals surface area contributed by atoms with Gasteiger partial charge in [0.1, 0.15) is 11.6 Å². The van der Waals surface area contributed by atoms with Gasteiger partial charge in [-0.1, -0.05) is 54.3 Å². The molecular formula is C31H41BrN4O4. The molecule has 1 aromatic rings. The summed E-state index contributed by atoms with van der Waals surface area (Å²) in [5, 5.41) is 6.26. The lowest BCUT2D eigenvalue weighted by Crippen LogP contribution is -2.56. The summed E-state index contributed by atoms with van der Waals surface area (Å²) in [6.07, 6.45) is 11.8. The molecule has 216 valence electrons. The minimum atomic E-state index is -1.11. The first kappa shape index (κ1) is 27.9. The Morgan fingerprint density at radius 3 is 2.48 bits per heavy atom. The summed E-state index contributed by atoms with van der Waals surface area (Å²) in [7, 11) is 0. The zero-order valence-corrected chi connectivity index (χ0v) is 24.9. The number of amides is 3. The van der Waals surface area contributed by atoms with Gasteiger partial charge in [0, 0.05) is 22.7 Å². The lowest BCUT2D eigenvalue weighted by molar-refractivity contribution is -0.141. The van der Waals surface area contributed by atoms with Gasteiger partial charge < -0.3 is 25.2 Å². The van der Waals surface area contributed by atoms with Gasteiger partial charge in [-0.25, -0.2) is 0 Å². The Labute approximate surface area is 245 Å². The van der Waals surface area contributed by atoms with Gasteiger partial charge in [-0.05, 0) is 81.9 Å². The molecule has 1 aliphatic carbocycles. The van der Waals surface area contributed by atoms with Crippen LogP contribution in [0.3, 0.4) is 0 Å². The normalized spacial score (nSPS) is 32.5. The van der Waals surface area contributed by atoms with E-state index >= 15 is 0 Å². The number of piperidine rings is 1. The molecule has 40 heavy (non-hydrogen) atoms. The highest BCUT2D eigenvalue weighted by atomic mass is 79.9. The van der Waals surface area contributed by atoms with E-state index < -0.39 is 29.6 Å². The van der Waals surface area contributed by atoms with Crippen LogP contribution in [-0.4, -0.2) is 77.5 Å². The summed E-state index contributed by atoms with van der Waals surface area (Å²) in [6, 6.07) is 6.75. The van der Waals surface area contributed by atoms with Gasteiger partial charge in [0.05, 0.1) is 17.9 Å². The largest absolute Gasteiger partial charge is 0.359 e. The number of likely N-dealkylation sites (tertiary alicyclic amines) is 2. The van der Waals surface area contributed by atoms with E-state index in [1.165, 1.54) is 19.3 Å². The number of carbonyl (C=O) groups is 3. The van der Waals surface area contributed by atoms with E-state index in [0.29, 0.717) is 12.2 Å². The Balaban J connectivity index is 1.22. The minimum absolute atomic E-state index is 0.128. The van der Waals surface area contributed by atoms with Crippen LogP contribution in [0.25, 0.3) is 0 Å². The highest BCUT2D eigenvalue weighted by Crippen LogP contribution is 2.55. The monoisotopic (exact) mass is 612 g/mol. The molecule has 5 atom stereocenters. The number of hydrogen-bond acceptors (Lipinski definition) is 5. The second-order valence-electron chi connectivity index (χ2n) is 12.5. The molecule has 2 bridgehead atoms. The summed E-state index contributed by atoms with van der Waals surface area (Å²) < 4.78 is 7.41. The number of anilines is 1. The molecular weight excluding hydrogens is 572 g/mol. The van der Waals surface area contributed by atoms with Crippen LogP contribution < -0.4 is 10.6 Å². The third kappa shape index (κ3) is 5.25. The Morgan fingerprint density at radius 1 is 1.02 bits per heavy atom. The third-order valence-electron chi connectivity index (χ3n) is 9.74. The molecule has 1 saturated carbocycles. The first-order chi connectivity index (χ1) is 19.4. The molecule has 4 heterocycles.